The van der Waals surface area contributed by atoms with Crippen molar-refractivity contribution in [2.75, 3.05) is 12.4 Å². The van der Waals surface area contributed by atoms with Crippen LogP contribution in [0, 0.1) is 6.92 Å². The first-order valence-electron chi connectivity index (χ1n) is 7.92. The highest BCUT2D eigenvalue weighted by atomic mass is 35.5. The molecule has 2 aromatic carbocycles. The number of nitrogens with zero attached hydrogens (tertiary/aromatic N) is 3. The number of aryl methyl sites for hydroxylation is 1. The summed E-state index contributed by atoms with van der Waals surface area (Å²) in [5.41, 5.74) is 1.66. The molecule has 2 N–H and O–H groups in total. The molecule has 0 spiro atoms. The second-order valence-corrected chi connectivity index (χ2v) is 6.38. The summed E-state index contributed by atoms with van der Waals surface area (Å²) in [6.07, 6.45) is 0. The molecule has 0 aliphatic carbocycles. The van der Waals surface area contributed by atoms with Crippen molar-refractivity contribution in [3.05, 3.63) is 69.6 Å². The van der Waals surface area contributed by atoms with Gasteiger partial charge in [0, 0.05) is 10.7 Å². The Bertz CT molecular complexity index is 1040. The molecule has 3 rings (SSSR count). The minimum atomic E-state index is -0.392. The van der Waals surface area contributed by atoms with Gasteiger partial charge in [-0.2, -0.15) is 9.80 Å². The van der Waals surface area contributed by atoms with Gasteiger partial charge in [0.05, 0.1) is 18.5 Å². The van der Waals surface area contributed by atoms with Crippen molar-refractivity contribution in [3.63, 3.8) is 0 Å². The van der Waals surface area contributed by atoms with Gasteiger partial charge in [-0.3, -0.25) is 9.89 Å². The molecule has 1 heterocycles. The molecule has 1 aromatic heterocycles. The Labute approximate surface area is 165 Å². The van der Waals surface area contributed by atoms with E-state index in [0.717, 1.165) is 11.4 Å². The fourth-order valence-corrected chi connectivity index (χ4v) is 2.64. The van der Waals surface area contributed by atoms with Gasteiger partial charge in [-0.15, -0.1) is 5.11 Å². The van der Waals surface area contributed by atoms with Crippen LogP contribution in [0.2, 0.25) is 5.02 Å². The summed E-state index contributed by atoms with van der Waals surface area (Å²) >= 11 is 11.2. The molecule has 0 saturated heterocycles. The number of hydrogen-bond donors (Lipinski definition) is 2. The van der Waals surface area contributed by atoms with E-state index in [0.29, 0.717) is 16.4 Å². The van der Waals surface area contributed by atoms with Gasteiger partial charge < -0.3 is 10.1 Å². The molecule has 138 valence electrons. The van der Waals surface area contributed by atoms with E-state index in [2.05, 4.69) is 20.6 Å². The number of benzene rings is 2. The topological polar surface area (TPSA) is 83.8 Å². The highest BCUT2D eigenvalue weighted by Crippen LogP contribution is 2.20. The van der Waals surface area contributed by atoms with Crippen molar-refractivity contribution in [2.24, 2.45) is 10.2 Å². The van der Waals surface area contributed by atoms with Gasteiger partial charge in [-0.05, 0) is 67.7 Å². The molecule has 0 bridgehead atoms. The SMILES string of the molecule is COc1ccc(NC(=S)n2[nH]c(C)c(N=Nc3ccc(Cl)cc3)c2=O)cc1. The average Bonchev–Trinajstić information content (AvgIpc) is 2.96. The van der Waals surface area contributed by atoms with Gasteiger partial charge in [-0.25, -0.2) is 0 Å². The zero-order chi connectivity index (χ0) is 19.4. The van der Waals surface area contributed by atoms with Crippen molar-refractivity contribution in [1.29, 1.82) is 0 Å². The Kier molecular flexibility index (Phi) is 5.68. The normalized spacial score (nSPS) is 10.9. The minimum Gasteiger partial charge on any atom is -0.497 e. The van der Waals surface area contributed by atoms with Gasteiger partial charge in [0.25, 0.3) is 0 Å². The van der Waals surface area contributed by atoms with Crippen molar-refractivity contribution >= 4 is 46.0 Å². The number of hydrogen-bond acceptors (Lipinski definition) is 5. The summed E-state index contributed by atoms with van der Waals surface area (Å²) in [6.45, 7) is 1.73. The largest absolute Gasteiger partial charge is 0.497 e. The number of aromatic amines is 1. The quantitative estimate of drug-likeness (QED) is 0.485. The average molecular weight is 402 g/mol. The molecule has 0 amide bonds. The maximum atomic E-state index is 12.6. The number of azo groups is 1. The Morgan fingerprint density at radius 3 is 2.44 bits per heavy atom. The predicted octanol–water partition coefficient (Wildman–Crippen LogP) is 4.81. The number of thiocarbonyl (C=S) groups is 1. The molecular formula is C18H16ClN5O2S. The van der Waals surface area contributed by atoms with E-state index in [1.807, 2.05) is 0 Å². The standard InChI is InChI=1S/C18H16ClN5O2S/c1-11-16(22-21-14-5-3-12(19)4-6-14)17(25)24(23-11)18(27)20-13-7-9-15(26-2)10-8-13/h3-10,23H,1-2H3,(H,20,27). The number of methoxy groups -OCH3 is 1. The minimum absolute atomic E-state index is 0.184. The maximum Gasteiger partial charge on any atom is 0.301 e. The number of nitrogens with one attached hydrogen (secondary N) is 2. The molecule has 7 nitrogen and oxygen atoms in total. The highest BCUT2D eigenvalue weighted by Gasteiger charge is 2.14. The summed E-state index contributed by atoms with van der Waals surface area (Å²) in [7, 11) is 1.59. The third-order valence-corrected chi connectivity index (χ3v) is 4.21. The first-order valence-corrected chi connectivity index (χ1v) is 8.71. The van der Waals surface area contributed by atoms with Crippen LogP contribution in [-0.2, 0) is 0 Å². The first kappa shape index (κ1) is 18.8. The monoisotopic (exact) mass is 401 g/mol. The number of ether oxygens (including phenoxy) is 1. The molecule has 0 atom stereocenters. The van der Waals surface area contributed by atoms with Crippen molar-refractivity contribution in [1.82, 2.24) is 9.78 Å². The lowest BCUT2D eigenvalue weighted by Crippen LogP contribution is -2.29. The summed E-state index contributed by atoms with van der Waals surface area (Å²) in [6, 6.07) is 14.0. The number of rotatable bonds is 4. The smallest absolute Gasteiger partial charge is 0.301 e. The van der Waals surface area contributed by atoms with Crippen LogP contribution < -0.4 is 15.6 Å². The van der Waals surface area contributed by atoms with Crippen LogP contribution in [0.15, 0.2) is 63.6 Å². The molecule has 3 aromatic rings. The molecule has 0 aliphatic rings. The van der Waals surface area contributed by atoms with E-state index < -0.39 is 5.56 Å². The van der Waals surface area contributed by atoms with Crippen LogP contribution in [0.5, 0.6) is 5.75 Å². The Hall–Kier alpha value is -2.97. The number of H-pyrrole nitrogens is 1. The summed E-state index contributed by atoms with van der Waals surface area (Å²) < 4.78 is 6.33. The predicted molar refractivity (Wildman–Crippen MR) is 110 cm³/mol. The molecule has 9 heteroatoms. The lowest BCUT2D eigenvalue weighted by molar-refractivity contribution is 0.415. The second kappa shape index (κ2) is 8.15. The first-order chi connectivity index (χ1) is 13.0. The van der Waals surface area contributed by atoms with E-state index in [4.69, 9.17) is 28.6 Å². The van der Waals surface area contributed by atoms with Gasteiger partial charge in [0.15, 0.2) is 10.8 Å². The number of aromatic nitrogens is 2. The maximum absolute atomic E-state index is 12.6. The Morgan fingerprint density at radius 1 is 1.15 bits per heavy atom. The molecule has 0 unspecified atom stereocenters. The highest BCUT2D eigenvalue weighted by molar-refractivity contribution is 7.80. The van der Waals surface area contributed by atoms with Crippen LogP contribution in [0.4, 0.5) is 17.1 Å². The molecule has 27 heavy (non-hydrogen) atoms. The fourth-order valence-electron chi connectivity index (χ4n) is 2.27. The van der Waals surface area contributed by atoms with Crippen molar-refractivity contribution < 1.29 is 4.74 Å². The molecular weight excluding hydrogens is 386 g/mol. The van der Waals surface area contributed by atoms with Crippen LogP contribution >= 0.6 is 23.8 Å². The zero-order valence-corrected chi connectivity index (χ0v) is 16.1. The fraction of sp³-hybridized carbons (Fsp3) is 0.111. The summed E-state index contributed by atoms with van der Waals surface area (Å²) in [5.74, 6) is 0.726. The van der Waals surface area contributed by atoms with Gasteiger partial charge in [0.2, 0.25) is 0 Å². The Morgan fingerprint density at radius 2 is 1.81 bits per heavy atom. The van der Waals surface area contributed by atoms with E-state index in [1.54, 1.807) is 62.6 Å². The third kappa shape index (κ3) is 4.42. The van der Waals surface area contributed by atoms with Gasteiger partial charge in [-0.1, -0.05) is 11.6 Å². The van der Waals surface area contributed by atoms with Crippen LogP contribution in [0.25, 0.3) is 0 Å². The summed E-state index contributed by atoms with van der Waals surface area (Å²) in [4.78, 5) is 12.6. The lowest BCUT2D eigenvalue weighted by Gasteiger charge is -2.08. The number of anilines is 1. The van der Waals surface area contributed by atoms with Crippen LogP contribution in [0.1, 0.15) is 5.69 Å². The van der Waals surface area contributed by atoms with Crippen LogP contribution in [-0.4, -0.2) is 22.0 Å². The number of halogens is 1. The van der Waals surface area contributed by atoms with E-state index in [9.17, 15) is 4.79 Å². The molecule has 0 radical (unpaired) electrons. The molecule has 0 fully saturated rings. The summed E-state index contributed by atoms with van der Waals surface area (Å²) in [5, 5.41) is 14.8. The van der Waals surface area contributed by atoms with Gasteiger partial charge >= 0.3 is 5.56 Å². The second-order valence-electron chi connectivity index (χ2n) is 5.56. The van der Waals surface area contributed by atoms with Crippen molar-refractivity contribution in [3.8, 4) is 5.75 Å². The van der Waals surface area contributed by atoms with E-state index in [-0.39, 0.29) is 10.8 Å². The van der Waals surface area contributed by atoms with Crippen molar-refractivity contribution in [2.45, 2.75) is 6.92 Å². The Balaban J connectivity index is 1.80. The van der Waals surface area contributed by atoms with E-state index >= 15 is 0 Å². The zero-order valence-electron chi connectivity index (χ0n) is 14.6. The molecule has 0 saturated carbocycles. The third-order valence-electron chi connectivity index (χ3n) is 3.68. The molecule has 0 aliphatic heterocycles. The van der Waals surface area contributed by atoms with Gasteiger partial charge in [0.1, 0.15) is 5.75 Å². The van der Waals surface area contributed by atoms with Crippen LogP contribution in [0.3, 0.4) is 0 Å². The lowest BCUT2D eigenvalue weighted by atomic mass is 10.3. The van der Waals surface area contributed by atoms with E-state index in [1.165, 1.54) is 4.68 Å².